The van der Waals surface area contributed by atoms with Gasteiger partial charge in [-0.25, -0.2) is 0 Å². The van der Waals surface area contributed by atoms with Gasteiger partial charge in [-0.3, -0.25) is 0 Å². The molecule has 0 rings (SSSR count). The number of hydrogen-bond acceptors (Lipinski definition) is 8. The molecule has 0 aromatic rings. The third-order valence-electron chi connectivity index (χ3n) is 0. The quantitative estimate of drug-likeness (QED) is 0.466. The van der Waals surface area contributed by atoms with Crippen LogP contribution in [0.4, 0.5) is 0 Å². The average molecular weight is 361 g/mol. The van der Waals surface area contributed by atoms with Crippen LogP contribution in [0, 0.1) is 7.43 Å². The van der Waals surface area contributed by atoms with Crippen LogP contribution in [0.3, 0.4) is 0 Å². The summed E-state index contributed by atoms with van der Waals surface area (Å²) in [5.74, 6) is 0. The van der Waals surface area contributed by atoms with Gasteiger partial charge in [-0.15, -0.1) is 0 Å². The molecule has 8 nitrogen and oxygen atoms in total. The summed E-state index contributed by atoms with van der Waals surface area (Å²) in [5, 5.41) is 0. The van der Waals surface area contributed by atoms with Crippen molar-refractivity contribution in [2.45, 2.75) is 0 Å². The second-order valence-electron chi connectivity index (χ2n) is 0. The van der Waals surface area contributed by atoms with Gasteiger partial charge in [-0.1, -0.05) is 0 Å². The van der Waals surface area contributed by atoms with Crippen molar-refractivity contribution in [2.75, 3.05) is 0 Å². The van der Waals surface area contributed by atoms with Gasteiger partial charge in [-0.05, 0) is 0 Å². The molecule has 0 aromatic heterocycles. The second kappa shape index (κ2) is 1090. The van der Waals surface area contributed by atoms with E-state index in [0.29, 0.717) is 0 Å². The van der Waals surface area contributed by atoms with Crippen molar-refractivity contribution in [3.63, 3.8) is 0 Å². The maximum Gasteiger partial charge on any atom is 4.00 e. The van der Waals surface area contributed by atoms with E-state index < -0.39 is 0 Å². The molecule has 0 aromatic carbocycles. The molecule has 0 aliphatic carbocycles. The van der Waals surface area contributed by atoms with Crippen LogP contribution in [-0.2, 0) is 40.8 Å². The van der Waals surface area contributed by atoms with Crippen molar-refractivity contribution in [3.05, 3.63) is 7.43 Å². The zero-order valence-corrected chi connectivity index (χ0v) is 7.82. The molecule has 0 saturated heterocycles. The fourth-order valence-electron chi connectivity index (χ4n) is 0. The minimum atomic E-state index is 0. The molecule has 8 N–H and O–H groups in total. The normalized spacial score (nSPS) is 0. The Hall–Kier alpha value is 1.00. The van der Waals surface area contributed by atoms with Gasteiger partial charge in [0.1, 0.15) is 0 Å². The van der Waals surface area contributed by atoms with Gasteiger partial charge in [0, 0.05) is 0 Å². The Kier molecular flexibility index (Phi) is 143000. The van der Waals surface area contributed by atoms with Crippen molar-refractivity contribution in [1.29, 1.82) is 0 Å². The van der Waals surface area contributed by atoms with E-state index in [1.807, 2.05) is 0 Å². The molecule has 0 amide bonds. The van der Waals surface area contributed by atoms with Gasteiger partial charge in [-0.2, -0.15) is 0 Å². The van der Waals surface area contributed by atoms with Crippen LogP contribution in [0.2, 0.25) is 0 Å². The van der Waals surface area contributed by atoms with E-state index in [0.717, 1.165) is 0 Å². The molecule has 0 atom stereocenters. The van der Waals surface area contributed by atoms with E-state index in [-0.39, 0.29) is 92.1 Å². The summed E-state index contributed by atoms with van der Waals surface area (Å²) in [7, 11) is 0. The number of hydrogen-bond donors (Lipinski definition) is 0. The molecule has 0 fully saturated rings. The Labute approximate surface area is 92.1 Å². The summed E-state index contributed by atoms with van der Waals surface area (Å²) in [6, 6.07) is 0. The summed E-state index contributed by atoms with van der Waals surface area (Å²) in [6.45, 7) is 0. The molecule has 0 unspecified atom stereocenters. The van der Waals surface area contributed by atoms with Crippen molar-refractivity contribution in [2.24, 2.45) is 0 Å². The predicted octanol–water partition coefficient (Wildman–Crippen LogP) is -1.34. The minimum Gasteiger partial charge on any atom is -0.870 e. The maximum atomic E-state index is 0. The van der Waals surface area contributed by atoms with E-state index in [2.05, 4.69) is 0 Å². The number of rotatable bonds is 0. The first-order valence-corrected chi connectivity index (χ1v) is 0. The van der Waals surface area contributed by atoms with Crippen molar-refractivity contribution in [3.8, 4) is 0 Å². The van der Waals surface area contributed by atoms with Gasteiger partial charge in [0.25, 0.3) is 0 Å². The molecular weight excluding hydrogens is 353 g/mol. The van der Waals surface area contributed by atoms with Crippen LogP contribution in [0.25, 0.3) is 0 Å². The topological polar surface area (TPSA) is 240 Å². The largest absolute Gasteiger partial charge is 4.00 e. The van der Waals surface area contributed by atoms with Crippen LogP contribution in [0.15, 0.2) is 0 Å². The van der Waals surface area contributed by atoms with E-state index in [1.165, 1.54) is 0 Å². The Morgan fingerprint density at radius 1 is 0.273 bits per heavy atom. The summed E-state index contributed by atoms with van der Waals surface area (Å²) in [5.41, 5.74) is 0. The van der Waals surface area contributed by atoms with Crippen molar-refractivity contribution < 1.29 is 84.7 Å². The molecule has 0 aliphatic rings. The SMILES string of the molecule is [C+4].[OH-].[OH-].[OH-].[OH-].[OH-].[OH-].[OH-].[OH-].[Pd+2].[Pd+2]. The van der Waals surface area contributed by atoms with Gasteiger partial charge in [0.15, 0.2) is 0 Å². The zero-order valence-electron chi connectivity index (χ0n) is 4.71. The van der Waals surface area contributed by atoms with Crippen LogP contribution in [0.1, 0.15) is 0 Å². The van der Waals surface area contributed by atoms with E-state index in [1.54, 1.807) is 0 Å². The third-order valence-corrected chi connectivity index (χ3v) is 0. The Morgan fingerprint density at radius 3 is 0.273 bits per heavy atom. The molecule has 0 saturated carbocycles. The van der Waals surface area contributed by atoms with Gasteiger partial charge in [0.05, 0.1) is 0 Å². The first-order chi connectivity index (χ1) is 0. The molecular formula is CH8O8Pd2. The van der Waals surface area contributed by atoms with Crippen molar-refractivity contribution in [1.82, 2.24) is 0 Å². The van der Waals surface area contributed by atoms with E-state index >= 15 is 0 Å². The van der Waals surface area contributed by atoms with Gasteiger partial charge < -0.3 is 43.8 Å². The molecule has 0 spiro atoms. The monoisotopic (exact) mass is 360 g/mol. The van der Waals surface area contributed by atoms with Crippen molar-refractivity contribution >= 4 is 0 Å². The Morgan fingerprint density at radius 2 is 0.273 bits per heavy atom. The summed E-state index contributed by atoms with van der Waals surface area (Å²) in [4.78, 5) is 0. The van der Waals surface area contributed by atoms with Crippen LogP contribution in [-0.4, -0.2) is 43.8 Å². The first kappa shape index (κ1) is 1440. The first-order valence-electron chi connectivity index (χ1n) is 0. The smallest absolute Gasteiger partial charge is 0.870 e. The summed E-state index contributed by atoms with van der Waals surface area (Å²) < 4.78 is 0. The van der Waals surface area contributed by atoms with E-state index in [9.17, 15) is 0 Å². The molecule has 0 aliphatic heterocycles. The summed E-state index contributed by atoms with van der Waals surface area (Å²) >= 11 is 0. The van der Waals surface area contributed by atoms with Gasteiger partial charge in [0.2, 0.25) is 0 Å². The van der Waals surface area contributed by atoms with Crippen LogP contribution >= 0.6 is 0 Å². The minimum absolute atomic E-state index is 0. The Balaban J connectivity index is 0. The zero-order chi connectivity index (χ0) is 0. The maximum absolute atomic E-state index is 0. The fourth-order valence-corrected chi connectivity index (χ4v) is 0. The van der Waals surface area contributed by atoms with E-state index in [4.69, 9.17) is 0 Å². The second-order valence-corrected chi connectivity index (χ2v) is 0. The van der Waals surface area contributed by atoms with Crippen LogP contribution in [0.5, 0.6) is 0 Å². The third kappa shape index (κ3) is 884. The Bertz CT molecular complexity index is 12.1. The predicted molar refractivity (Wildman–Crippen MR) is 18.7 cm³/mol. The average Bonchev–Trinajstić information content (AvgIpc) is 0. The summed E-state index contributed by atoms with van der Waals surface area (Å²) in [6.07, 6.45) is 0. The standard InChI is InChI=1S/C.8H2O.2Pd/h;8*1H2;;/q+4;;;;;;;;;2*+2/p-8. The molecule has 80 valence electrons. The molecule has 0 heterocycles. The fraction of sp³-hybridized carbons (Fsp3) is 0. The molecule has 0 bridgehead atoms. The molecule has 10 heteroatoms. The van der Waals surface area contributed by atoms with Gasteiger partial charge >= 0.3 is 48.3 Å². The molecule has 0 radical (unpaired) electrons. The molecule has 11 heavy (non-hydrogen) atoms. The van der Waals surface area contributed by atoms with Crippen LogP contribution < -0.4 is 0 Å².